The number of thioether (sulfide) groups is 1. The molecule has 3 nitrogen and oxygen atoms in total. The van der Waals surface area contributed by atoms with Crippen LogP contribution >= 0.6 is 11.8 Å². The maximum atomic E-state index is 12.8. The van der Waals surface area contributed by atoms with Crippen molar-refractivity contribution < 1.29 is 9.53 Å². The molecule has 0 spiro atoms. The Morgan fingerprint density at radius 3 is 2.48 bits per heavy atom. The molecule has 0 bridgehead atoms. The summed E-state index contributed by atoms with van der Waals surface area (Å²) >= 11 is 1.75. The summed E-state index contributed by atoms with van der Waals surface area (Å²) in [5.41, 5.74) is 4.26. The molecule has 1 unspecified atom stereocenters. The number of aryl methyl sites for hydroxylation is 2. The van der Waals surface area contributed by atoms with Crippen molar-refractivity contribution in [1.82, 2.24) is 5.32 Å². The van der Waals surface area contributed by atoms with Gasteiger partial charge in [-0.15, -0.1) is 11.8 Å². The molecule has 4 heteroatoms. The fraction of sp³-hybridized carbons (Fsp3) is 0.296. The second kappa shape index (κ2) is 11.6. The highest BCUT2D eigenvalue weighted by molar-refractivity contribution is 7.98. The Morgan fingerprint density at radius 2 is 1.77 bits per heavy atom. The van der Waals surface area contributed by atoms with Crippen LogP contribution in [0.15, 0.2) is 77.7 Å². The number of carbonyl (C=O) groups is 1. The molecule has 1 amide bonds. The number of rotatable bonds is 10. The van der Waals surface area contributed by atoms with E-state index in [4.69, 9.17) is 4.74 Å². The van der Waals surface area contributed by atoms with Crippen LogP contribution in [0, 0.1) is 6.92 Å². The smallest absolute Gasteiger partial charge is 0.251 e. The Labute approximate surface area is 190 Å². The van der Waals surface area contributed by atoms with Gasteiger partial charge in [0, 0.05) is 27.8 Å². The van der Waals surface area contributed by atoms with Gasteiger partial charge in [0.25, 0.3) is 5.91 Å². The van der Waals surface area contributed by atoms with Crippen LogP contribution in [-0.4, -0.2) is 18.6 Å². The zero-order chi connectivity index (χ0) is 22.1. The molecule has 0 aromatic heterocycles. The lowest BCUT2D eigenvalue weighted by Crippen LogP contribution is -2.33. The second-order valence-electron chi connectivity index (χ2n) is 7.76. The minimum atomic E-state index is -0.0369. The van der Waals surface area contributed by atoms with Gasteiger partial charge in [-0.05, 0) is 69.5 Å². The molecule has 0 radical (unpaired) electrons. The minimum absolute atomic E-state index is 0.0369. The van der Waals surface area contributed by atoms with Gasteiger partial charge in [-0.1, -0.05) is 48.0 Å². The quantitative estimate of drug-likeness (QED) is 0.374. The Kier molecular flexibility index (Phi) is 8.60. The molecule has 3 aromatic rings. The Morgan fingerprint density at radius 1 is 1.03 bits per heavy atom. The fourth-order valence-corrected chi connectivity index (χ4v) is 4.21. The molecule has 0 aliphatic rings. The topological polar surface area (TPSA) is 38.3 Å². The molecule has 0 aliphatic heterocycles. The normalized spacial score (nSPS) is 11.7. The second-order valence-corrected chi connectivity index (χ2v) is 8.80. The third-order valence-electron chi connectivity index (χ3n) is 5.12. The van der Waals surface area contributed by atoms with Gasteiger partial charge < -0.3 is 10.1 Å². The van der Waals surface area contributed by atoms with Crippen LogP contribution < -0.4 is 10.1 Å². The van der Waals surface area contributed by atoms with Crippen LogP contribution in [-0.2, 0) is 12.2 Å². The zero-order valence-corrected chi connectivity index (χ0v) is 19.4. The van der Waals surface area contributed by atoms with Crippen molar-refractivity contribution >= 4 is 17.7 Å². The maximum Gasteiger partial charge on any atom is 0.251 e. The Balaban J connectivity index is 1.63. The summed E-state index contributed by atoms with van der Waals surface area (Å²) in [5.74, 6) is 1.56. The molecular weight excluding hydrogens is 402 g/mol. The summed E-state index contributed by atoms with van der Waals surface area (Å²) < 4.78 is 5.80. The third-order valence-corrected chi connectivity index (χ3v) is 6.19. The fourth-order valence-electron chi connectivity index (χ4n) is 3.33. The molecule has 3 rings (SSSR count). The summed E-state index contributed by atoms with van der Waals surface area (Å²) in [6, 6.07) is 24.7. The number of nitrogens with one attached hydrogen (secondary N) is 1. The van der Waals surface area contributed by atoms with Gasteiger partial charge in [-0.25, -0.2) is 0 Å². The minimum Gasteiger partial charge on any atom is -0.494 e. The van der Waals surface area contributed by atoms with E-state index >= 15 is 0 Å². The molecule has 0 heterocycles. The zero-order valence-electron chi connectivity index (χ0n) is 18.6. The van der Waals surface area contributed by atoms with E-state index in [0.29, 0.717) is 12.2 Å². The van der Waals surface area contributed by atoms with E-state index in [2.05, 4.69) is 67.7 Å². The summed E-state index contributed by atoms with van der Waals surface area (Å²) in [5, 5.41) is 3.14. The van der Waals surface area contributed by atoms with Crippen molar-refractivity contribution in [2.45, 2.75) is 50.3 Å². The van der Waals surface area contributed by atoms with Gasteiger partial charge in [-0.2, -0.15) is 0 Å². The van der Waals surface area contributed by atoms with Crippen LogP contribution in [0.25, 0.3) is 0 Å². The highest BCUT2D eigenvalue weighted by atomic mass is 32.2. The summed E-state index contributed by atoms with van der Waals surface area (Å²) in [6.45, 7) is 6.73. The highest BCUT2D eigenvalue weighted by Gasteiger charge is 2.13. The first-order chi connectivity index (χ1) is 15.0. The van der Waals surface area contributed by atoms with Crippen molar-refractivity contribution in [2.75, 3.05) is 6.61 Å². The first-order valence-corrected chi connectivity index (χ1v) is 11.8. The lowest BCUT2D eigenvalue weighted by Gasteiger charge is -2.16. The van der Waals surface area contributed by atoms with Gasteiger partial charge in [-0.3, -0.25) is 4.79 Å². The third kappa shape index (κ3) is 7.18. The predicted octanol–water partition coefficient (Wildman–Crippen LogP) is 6.44. The lowest BCUT2D eigenvalue weighted by molar-refractivity contribution is 0.0938. The van der Waals surface area contributed by atoms with E-state index in [-0.39, 0.29) is 11.9 Å². The molecule has 31 heavy (non-hydrogen) atoms. The average molecular weight is 434 g/mol. The lowest BCUT2D eigenvalue weighted by atomic mass is 10.1. The molecule has 3 aromatic carbocycles. The van der Waals surface area contributed by atoms with Gasteiger partial charge in [0.1, 0.15) is 5.75 Å². The SMILES string of the molecule is CCOc1ccc(C(=O)NC(C)CCc2ccccc2)cc1CSc1ccc(C)cc1. The monoisotopic (exact) mass is 433 g/mol. The first kappa shape index (κ1) is 23.0. The molecular formula is C27H31NO2S. The van der Waals surface area contributed by atoms with Crippen molar-refractivity contribution in [3.8, 4) is 5.75 Å². The molecule has 162 valence electrons. The van der Waals surface area contributed by atoms with Crippen LogP contribution in [0.2, 0.25) is 0 Å². The molecule has 1 atom stereocenters. The van der Waals surface area contributed by atoms with Crippen LogP contribution in [0.3, 0.4) is 0 Å². The van der Waals surface area contributed by atoms with E-state index in [1.165, 1.54) is 16.0 Å². The summed E-state index contributed by atoms with van der Waals surface area (Å²) in [6.07, 6.45) is 1.85. The Hall–Kier alpha value is -2.72. The van der Waals surface area contributed by atoms with Crippen molar-refractivity contribution in [1.29, 1.82) is 0 Å². The van der Waals surface area contributed by atoms with E-state index in [9.17, 15) is 4.79 Å². The number of carbonyl (C=O) groups excluding carboxylic acids is 1. The number of hydrogen-bond donors (Lipinski definition) is 1. The van der Waals surface area contributed by atoms with Crippen LogP contribution in [0.4, 0.5) is 0 Å². The molecule has 0 saturated heterocycles. The maximum absolute atomic E-state index is 12.8. The molecule has 0 fully saturated rings. The number of benzene rings is 3. The predicted molar refractivity (Wildman–Crippen MR) is 130 cm³/mol. The number of hydrogen-bond acceptors (Lipinski definition) is 3. The van der Waals surface area contributed by atoms with Crippen LogP contribution in [0.1, 0.15) is 47.3 Å². The van der Waals surface area contributed by atoms with Crippen LogP contribution in [0.5, 0.6) is 5.75 Å². The van der Waals surface area contributed by atoms with E-state index in [0.717, 1.165) is 29.9 Å². The molecule has 0 saturated carbocycles. The van der Waals surface area contributed by atoms with Crippen molar-refractivity contribution in [3.63, 3.8) is 0 Å². The van der Waals surface area contributed by atoms with Gasteiger partial charge in [0.05, 0.1) is 6.61 Å². The van der Waals surface area contributed by atoms with Crippen molar-refractivity contribution in [2.24, 2.45) is 0 Å². The number of ether oxygens (including phenoxy) is 1. The standard InChI is InChI=1S/C27H31NO2S/c1-4-30-26-17-14-23(18-24(26)19-31-25-15-10-20(2)11-16-25)27(29)28-21(3)12-13-22-8-6-5-7-9-22/h5-11,14-18,21H,4,12-13,19H2,1-3H3,(H,28,29). The van der Waals surface area contributed by atoms with Gasteiger partial charge in [0.2, 0.25) is 0 Å². The van der Waals surface area contributed by atoms with E-state index in [1.807, 2.05) is 31.2 Å². The average Bonchev–Trinajstić information content (AvgIpc) is 2.79. The highest BCUT2D eigenvalue weighted by Crippen LogP contribution is 2.29. The summed E-state index contributed by atoms with van der Waals surface area (Å²) in [4.78, 5) is 14.0. The molecule has 0 aliphatic carbocycles. The summed E-state index contributed by atoms with van der Waals surface area (Å²) in [7, 11) is 0. The Bertz CT molecular complexity index is 970. The first-order valence-electron chi connectivity index (χ1n) is 10.8. The van der Waals surface area contributed by atoms with Gasteiger partial charge >= 0.3 is 0 Å². The largest absolute Gasteiger partial charge is 0.494 e. The van der Waals surface area contributed by atoms with E-state index < -0.39 is 0 Å². The molecule has 1 N–H and O–H groups in total. The van der Waals surface area contributed by atoms with Gasteiger partial charge in [0.15, 0.2) is 0 Å². The number of amides is 1. The van der Waals surface area contributed by atoms with Crippen molar-refractivity contribution in [3.05, 3.63) is 95.1 Å². The van der Waals surface area contributed by atoms with E-state index in [1.54, 1.807) is 11.8 Å².